The van der Waals surface area contributed by atoms with E-state index in [2.05, 4.69) is 13.3 Å². The second-order valence-corrected chi connectivity index (χ2v) is 3.72. The topological polar surface area (TPSA) is 75.3 Å². The first kappa shape index (κ1) is 26.5. The zero-order valence-electron chi connectivity index (χ0n) is 12.4. The zero-order valence-corrected chi connectivity index (χ0v) is 14.4. The second-order valence-electron chi connectivity index (χ2n) is 3.72. The molecular formula is C16H18MoO5. The van der Waals surface area contributed by atoms with Gasteiger partial charge in [-0.05, 0) is 58.3 Å². The standard InChI is InChI=1S/C9H13O3.C5H5.2CO.Mo/c1-7-4-3-5-9(12-7)6-11-8(2)10;1-2-4-5-3-1;2*1-2;/h3-5,7,9H,6H2,1-2H3;1-5H;;;/t7-,9+;;;;/m1..../s1. The third-order valence-corrected chi connectivity index (χ3v) is 2.10. The van der Waals surface area contributed by atoms with E-state index in [1.807, 2.05) is 58.3 Å². The Morgan fingerprint density at radius 1 is 1.05 bits per heavy atom. The Labute approximate surface area is 148 Å². The first-order chi connectivity index (χ1) is 10.2. The summed E-state index contributed by atoms with van der Waals surface area (Å²) in [5.74, 6) is -0.269. The smallest absolute Gasteiger partial charge is 0 e. The van der Waals surface area contributed by atoms with Crippen LogP contribution < -0.4 is 0 Å². The summed E-state index contributed by atoms with van der Waals surface area (Å²) < 4.78 is 25.2. The Hall–Kier alpha value is -0.402. The number of carbonyl (C=O) groups is 1. The number of esters is 1. The molecule has 5 nitrogen and oxygen atoms in total. The molecule has 0 aromatic heterocycles. The van der Waals surface area contributed by atoms with E-state index in [1.165, 1.54) is 6.92 Å². The van der Waals surface area contributed by atoms with Crippen LogP contribution in [-0.4, -0.2) is 24.8 Å². The van der Waals surface area contributed by atoms with Gasteiger partial charge in [-0.1, -0.05) is 0 Å². The third kappa shape index (κ3) is 17.6. The molecule has 0 amide bonds. The van der Waals surface area contributed by atoms with Crippen molar-refractivity contribution in [1.82, 2.24) is 0 Å². The number of carbonyl (C=O) groups excluding carboxylic acids is 1. The van der Waals surface area contributed by atoms with Gasteiger partial charge in [0.1, 0.15) is 6.61 Å². The minimum Gasteiger partial charge on any atom is -0.0312 e. The largest absolute Gasteiger partial charge is 0.0312 e. The summed E-state index contributed by atoms with van der Waals surface area (Å²) in [5, 5.41) is 0. The molecule has 2 aliphatic rings. The zero-order chi connectivity index (χ0) is 16.5. The summed E-state index contributed by atoms with van der Waals surface area (Å²) in [6.07, 6.45) is 15.8. The van der Waals surface area contributed by atoms with E-state index in [-0.39, 0.29) is 39.2 Å². The van der Waals surface area contributed by atoms with Crippen LogP contribution in [0, 0.1) is 64.7 Å². The summed E-state index contributed by atoms with van der Waals surface area (Å²) in [6.45, 7) is 12.6. The first-order valence-electron chi connectivity index (χ1n) is 6.06. The van der Waals surface area contributed by atoms with E-state index >= 15 is 0 Å². The maximum Gasteiger partial charge on any atom is 0 e. The Bertz CT molecular complexity index is 273. The summed E-state index contributed by atoms with van der Waals surface area (Å²) in [5.41, 5.74) is 0. The molecular weight excluding hydrogens is 368 g/mol. The van der Waals surface area contributed by atoms with E-state index in [1.54, 1.807) is 0 Å². The molecule has 0 aromatic rings. The van der Waals surface area contributed by atoms with Crippen molar-refractivity contribution < 1.29 is 44.6 Å². The molecule has 2 rings (SSSR count). The van der Waals surface area contributed by atoms with E-state index in [0.717, 1.165) is 0 Å². The molecule has 0 bridgehead atoms. The Morgan fingerprint density at radius 2 is 1.50 bits per heavy atom. The van der Waals surface area contributed by atoms with Crippen molar-refractivity contribution in [2.24, 2.45) is 0 Å². The average molecular weight is 386 g/mol. The van der Waals surface area contributed by atoms with Gasteiger partial charge in [-0.2, -0.15) is 0 Å². The molecule has 1 heterocycles. The molecule has 2 fully saturated rings. The Kier molecular flexibility index (Phi) is 24.8. The van der Waals surface area contributed by atoms with E-state index in [4.69, 9.17) is 18.8 Å². The Morgan fingerprint density at radius 3 is 1.86 bits per heavy atom. The van der Waals surface area contributed by atoms with Crippen LogP contribution in [0.1, 0.15) is 13.8 Å². The van der Waals surface area contributed by atoms with Gasteiger partial charge in [-0.3, -0.25) is 4.79 Å². The third-order valence-electron chi connectivity index (χ3n) is 2.10. The van der Waals surface area contributed by atoms with Crippen molar-refractivity contribution in [3.8, 4) is 0 Å². The maximum absolute atomic E-state index is 10.5. The van der Waals surface area contributed by atoms with Crippen molar-refractivity contribution in [3.63, 3.8) is 0 Å². The van der Waals surface area contributed by atoms with Crippen LogP contribution in [0.3, 0.4) is 0 Å². The van der Waals surface area contributed by atoms with Crippen molar-refractivity contribution in [2.75, 3.05) is 6.61 Å². The quantitative estimate of drug-likeness (QED) is 0.315. The molecule has 0 unspecified atom stereocenters. The monoisotopic (exact) mass is 388 g/mol. The molecule has 2 atom stereocenters. The fourth-order valence-corrected chi connectivity index (χ4v) is 1.33. The summed E-state index contributed by atoms with van der Waals surface area (Å²) in [6, 6.07) is 0. The molecule has 0 N–H and O–H groups in total. The first-order valence-corrected chi connectivity index (χ1v) is 6.06. The van der Waals surface area contributed by atoms with E-state index < -0.39 is 0 Å². The molecule has 1 aliphatic heterocycles. The van der Waals surface area contributed by atoms with Gasteiger partial charge in [0.15, 0.2) is 0 Å². The normalized spacial score (nSPS) is 21.9. The summed E-state index contributed by atoms with van der Waals surface area (Å²) in [4.78, 5) is 10.5. The Balaban J connectivity index is -0.000000303. The van der Waals surface area contributed by atoms with E-state index in [9.17, 15) is 4.79 Å². The fourth-order valence-electron chi connectivity index (χ4n) is 1.33. The second kappa shape index (κ2) is 20.6. The molecule has 1 saturated heterocycles. The summed E-state index contributed by atoms with van der Waals surface area (Å²) >= 11 is 0. The van der Waals surface area contributed by atoms with Crippen LogP contribution in [0.4, 0.5) is 0 Å². The van der Waals surface area contributed by atoms with Gasteiger partial charge in [0.2, 0.25) is 0 Å². The van der Waals surface area contributed by atoms with Crippen LogP contribution in [0.5, 0.6) is 0 Å². The van der Waals surface area contributed by atoms with Gasteiger partial charge in [-0.15, -0.1) is 0 Å². The molecule has 1 aliphatic carbocycles. The van der Waals surface area contributed by atoms with Crippen LogP contribution in [0.25, 0.3) is 0 Å². The van der Waals surface area contributed by atoms with Gasteiger partial charge in [0, 0.05) is 28.0 Å². The van der Waals surface area contributed by atoms with Crippen molar-refractivity contribution >= 4 is 5.97 Å². The van der Waals surface area contributed by atoms with Gasteiger partial charge >= 0.3 is 28.6 Å². The number of rotatable bonds is 2. The number of hydrogen-bond donors (Lipinski definition) is 0. The predicted molar refractivity (Wildman–Crippen MR) is 73.2 cm³/mol. The van der Waals surface area contributed by atoms with Gasteiger partial charge in [-0.25, -0.2) is 0 Å². The molecule has 8 radical (unpaired) electrons. The van der Waals surface area contributed by atoms with Gasteiger partial charge in [0.25, 0.3) is 0 Å². The molecule has 0 aromatic carbocycles. The molecule has 6 heteroatoms. The molecule has 22 heavy (non-hydrogen) atoms. The molecule has 118 valence electrons. The van der Waals surface area contributed by atoms with Crippen molar-refractivity contribution in [3.05, 3.63) is 64.7 Å². The molecule has 1 saturated carbocycles. The summed E-state index contributed by atoms with van der Waals surface area (Å²) in [7, 11) is 0. The minimum absolute atomic E-state index is 0. The van der Waals surface area contributed by atoms with Crippen molar-refractivity contribution in [1.29, 1.82) is 0 Å². The van der Waals surface area contributed by atoms with Crippen LogP contribution >= 0.6 is 0 Å². The van der Waals surface area contributed by atoms with Crippen LogP contribution in [-0.2, 0) is 44.6 Å². The van der Waals surface area contributed by atoms with Crippen molar-refractivity contribution in [2.45, 2.75) is 26.1 Å². The SMILES string of the molecule is CC(=O)OC[C@@H]1[CH][CH][CH][C@@H](C)O1.[C-]#[O+].[C-]#[O+].[CH]1[CH][CH][CH][CH]1.[Mo]. The average Bonchev–Trinajstić information content (AvgIpc) is 3.09. The number of ether oxygens (including phenoxy) is 2. The minimum atomic E-state index is -0.269. The van der Waals surface area contributed by atoms with E-state index in [0.29, 0.717) is 6.61 Å². The number of hydrogen-bond acceptors (Lipinski definition) is 3. The van der Waals surface area contributed by atoms with Crippen LogP contribution in [0.15, 0.2) is 0 Å². The predicted octanol–water partition coefficient (Wildman–Crippen LogP) is 1.89. The van der Waals surface area contributed by atoms with Gasteiger partial charge in [0.05, 0.1) is 12.2 Å². The fraction of sp³-hybridized carbons (Fsp3) is 0.312. The van der Waals surface area contributed by atoms with Gasteiger partial charge < -0.3 is 9.47 Å². The maximum atomic E-state index is 10.5. The van der Waals surface area contributed by atoms with Crippen LogP contribution in [0.2, 0.25) is 0 Å². The molecule has 0 spiro atoms.